The monoisotopic (exact) mass is 298 g/mol. The Labute approximate surface area is 131 Å². The summed E-state index contributed by atoms with van der Waals surface area (Å²) in [5, 5.41) is 1.96. The SMILES string of the molecule is CC1(C)CCC(C)(C)c2cc(C(=O)c3cccs3)ccc21. The molecule has 1 aliphatic rings. The smallest absolute Gasteiger partial charge is 0.202 e. The van der Waals surface area contributed by atoms with E-state index < -0.39 is 0 Å². The quantitative estimate of drug-likeness (QED) is 0.685. The second kappa shape index (κ2) is 4.81. The summed E-state index contributed by atoms with van der Waals surface area (Å²) in [6, 6.07) is 10.2. The maximum Gasteiger partial charge on any atom is 0.202 e. The van der Waals surface area contributed by atoms with Gasteiger partial charge in [-0.15, -0.1) is 11.3 Å². The molecule has 0 saturated heterocycles. The Morgan fingerprint density at radius 2 is 1.67 bits per heavy atom. The van der Waals surface area contributed by atoms with Gasteiger partial charge in [-0.25, -0.2) is 0 Å². The van der Waals surface area contributed by atoms with Crippen LogP contribution in [-0.4, -0.2) is 5.78 Å². The Bertz CT molecular complexity index is 678. The number of thiophene rings is 1. The van der Waals surface area contributed by atoms with Gasteiger partial charge in [0.1, 0.15) is 0 Å². The molecule has 1 heterocycles. The van der Waals surface area contributed by atoms with E-state index >= 15 is 0 Å². The number of benzene rings is 1. The zero-order valence-corrected chi connectivity index (χ0v) is 14.0. The molecule has 0 radical (unpaired) electrons. The van der Waals surface area contributed by atoms with E-state index in [4.69, 9.17) is 0 Å². The lowest BCUT2D eigenvalue weighted by atomic mass is 9.63. The van der Waals surface area contributed by atoms with Crippen molar-refractivity contribution < 1.29 is 4.79 Å². The Hall–Kier alpha value is -1.41. The van der Waals surface area contributed by atoms with Gasteiger partial charge >= 0.3 is 0 Å². The molecule has 0 aliphatic heterocycles. The molecule has 110 valence electrons. The van der Waals surface area contributed by atoms with E-state index in [1.165, 1.54) is 35.3 Å². The molecule has 1 nitrogen and oxygen atoms in total. The first kappa shape index (κ1) is 14.5. The maximum absolute atomic E-state index is 12.6. The maximum atomic E-state index is 12.6. The number of carbonyl (C=O) groups is 1. The van der Waals surface area contributed by atoms with Crippen molar-refractivity contribution in [3.8, 4) is 0 Å². The highest BCUT2D eigenvalue weighted by Crippen LogP contribution is 2.46. The number of hydrogen-bond donors (Lipinski definition) is 0. The number of rotatable bonds is 2. The van der Waals surface area contributed by atoms with Gasteiger partial charge in [-0.2, -0.15) is 0 Å². The Kier molecular flexibility index (Phi) is 3.32. The van der Waals surface area contributed by atoms with Crippen LogP contribution in [0.1, 0.15) is 66.9 Å². The van der Waals surface area contributed by atoms with Gasteiger partial charge in [-0.1, -0.05) is 45.9 Å². The summed E-state index contributed by atoms with van der Waals surface area (Å²) in [7, 11) is 0. The predicted octanol–water partition coefficient (Wildman–Crippen LogP) is 5.33. The summed E-state index contributed by atoms with van der Waals surface area (Å²) < 4.78 is 0. The van der Waals surface area contributed by atoms with Gasteiger partial charge in [0.05, 0.1) is 4.88 Å². The van der Waals surface area contributed by atoms with Crippen molar-refractivity contribution in [2.24, 2.45) is 0 Å². The third-order valence-corrected chi connectivity index (χ3v) is 5.73. The normalized spacial score (nSPS) is 19.0. The molecule has 1 aliphatic carbocycles. The molecule has 0 bridgehead atoms. The zero-order valence-electron chi connectivity index (χ0n) is 13.2. The standard InChI is InChI=1S/C19H22OS/c1-18(2)9-10-19(3,4)15-12-13(7-8-14(15)18)17(20)16-6-5-11-21-16/h5-8,11-12H,9-10H2,1-4H3. The molecule has 0 amide bonds. The molecule has 0 atom stereocenters. The molecule has 0 spiro atoms. The molecular weight excluding hydrogens is 276 g/mol. The van der Waals surface area contributed by atoms with Crippen LogP contribution in [0.3, 0.4) is 0 Å². The van der Waals surface area contributed by atoms with Crippen molar-refractivity contribution >= 4 is 17.1 Å². The van der Waals surface area contributed by atoms with Crippen molar-refractivity contribution in [3.05, 3.63) is 57.3 Å². The van der Waals surface area contributed by atoms with E-state index in [1.54, 1.807) is 0 Å². The molecular formula is C19H22OS. The average Bonchev–Trinajstić information content (AvgIpc) is 2.97. The summed E-state index contributed by atoms with van der Waals surface area (Å²) in [6.07, 6.45) is 2.37. The van der Waals surface area contributed by atoms with E-state index in [0.717, 1.165) is 10.4 Å². The van der Waals surface area contributed by atoms with Crippen LogP contribution in [0, 0.1) is 0 Å². The lowest BCUT2D eigenvalue weighted by molar-refractivity contribution is 0.104. The Balaban J connectivity index is 2.10. The fourth-order valence-electron chi connectivity index (χ4n) is 3.28. The fourth-order valence-corrected chi connectivity index (χ4v) is 3.97. The fraction of sp³-hybridized carbons (Fsp3) is 0.421. The van der Waals surface area contributed by atoms with E-state index in [-0.39, 0.29) is 16.6 Å². The number of ketones is 1. The van der Waals surface area contributed by atoms with E-state index in [1.807, 2.05) is 23.6 Å². The summed E-state index contributed by atoms with van der Waals surface area (Å²) in [5.74, 6) is 0.145. The van der Waals surface area contributed by atoms with Crippen molar-refractivity contribution in [2.75, 3.05) is 0 Å². The Morgan fingerprint density at radius 1 is 1.00 bits per heavy atom. The molecule has 3 rings (SSSR count). The van der Waals surface area contributed by atoms with Gasteiger partial charge in [0, 0.05) is 5.56 Å². The molecule has 0 fully saturated rings. The Morgan fingerprint density at radius 3 is 2.29 bits per heavy atom. The largest absolute Gasteiger partial charge is 0.288 e. The van der Waals surface area contributed by atoms with Crippen LogP contribution in [0.4, 0.5) is 0 Å². The van der Waals surface area contributed by atoms with Crippen LogP contribution >= 0.6 is 11.3 Å². The molecule has 1 aromatic carbocycles. The zero-order chi connectivity index (χ0) is 15.3. The van der Waals surface area contributed by atoms with Gasteiger partial charge in [0.15, 0.2) is 0 Å². The van der Waals surface area contributed by atoms with Crippen LogP contribution in [0.5, 0.6) is 0 Å². The molecule has 0 N–H and O–H groups in total. The van der Waals surface area contributed by atoms with Gasteiger partial charge in [0.25, 0.3) is 0 Å². The van der Waals surface area contributed by atoms with E-state index in [0.29, 0.717) is 0 Å². The summed E-state index contributed by atoms with van der Waals surface area (Å²) in [4.78, 5) is 13.4. The van der Waals surface area contributed by atoms with Crippen LogP contribution in [-0.2, 0) is 10.8 Å². The van der Waals surface area contributed by atoms with Crippen molar-refractivity contribution in [2.45, 2.75) is 51.4 Å². The molecule has 2 heteroatoms. The highest BCUT2D eigenvalue weighted by molar-refractivity contribution is 7.12. The molecule has 0 unspecified atom stereocenters. The molecule has 1 aromatic heterocycles. The number of carbonyl (C=O) groups excluding carboxylic acids is 1. The van der Waals surface area contributed by atoms with Gasteiger partial charge < -0.3 is 0 Å². The first-order valence-corrected chi connectivity index (χ1v) is 8.42. The van der Waals surface area contributed by atoms with Crippen LogP contribution in [0.15, 0.2) is 35.7 Å². The summed E-state index contributed by atoms with van der Waals surface area (Å²) in [5.41, 5.74) is 3.93. The van der Waals surface area contributed by atoms with Crippen LogP contribution in [0.2, 0.25) is 0 Å². The second-order valence-electron chi connectivity index (χ2n) is 7.33. The van der Waals surface area contributed by atoms with E-state index in [2.05, 4.69) is 39.8 Å². The average molecular weight is 298 g/mol. The minimum Gasteiger partial charge on any atom is -0.288 e. The highest BCUT2D eigenvalue weighted by Gasteiger charge is 2.37. The third-order valence-electron chi connectivity index (χ3n) is 4.86. The first-order chi connectivity index (χ1) is 9.81. The minimum absolute atomic E-state index is 0.145. The lowest BCUT2D eigenvalue weighted by Gasteiger charge is -2.42. The van der Waals surface area contributed by atoms with Crippen LogP contribution in [0.25, 0.3) is 0 Å². The summed E-state index contributed by atoms with van der Waals surface area (Å²) in [6.45, 7) is 9.20. The summed E-state index contributed by atoms with van der Waals surface area (Å²) >= 11 is 1.51. The van der Waals surface area contributed by atoms with Crippen molar-refractivity contribution in [1.82, 2.24) is 0 Å². The number of fused-ring (bicyclic) bond motifs is 1. The van der Waals surface area contributed by atoms with Gasteiger partial charge in [-0.05, 0) is 52.3 Å². The minimum atomic E-state index is 0.145. The van der Waals surface area contributed by atoms with Crippen molar-refractivity contribution in [1.29, 1.82) is 0 Å². The highest BCUT2D eigenvalue weighted by atomic mass is 32.1. The van der Waals surface area contributed by atoms with E-state index in [9.17, 15) is 4.79 Å². The molecule has 0 saturated carbocycles. The van der Waals surface area contributed by atoms with Gasteiger partial charge in [-0.3, -0.25) is 4.79 Å². The third kappa shape index (κ3) is 2.46. The van der Waals surface area contributed by atoms with Crippen molar-refractivity contribution in [3.63, 3.8) is 0 Å². The molecule has 2 aromatic rings. The topological polar surface area (TPSA) is 17.1 Å². The first-order valence-electron chi connectivity index (χ1n) is 7.54. The number of hydrogen-bond acceptors (Lipinski definition) is 2. The lowest BCUT2D eigenvalue weighted by Crippen LogP contribution is -2.34. The second-order valence-corrected chi connectivity index (χ2v) is 8.28. The molecule has 21 heavy (non-hydrogen) atoms. The van der Waals surface area contributed by atoms with Crippen LogP contribution < -0.4 is 0 Å². The van der Waals surface area contributed by atoms with Gasteiger partial charge in [0.2, 0.25) is 5.78 Å². The predicted molar refractivity (Wildman–Crippen MR) is 89.5 cm³/mol.